The number of amides is 1. The van der Waals surface area contributed by atoms with Crippen LogP contribution in [0.5, 0.6) is 0 Å². The molecule has 1 heterocycles. The summed E-state index contributed by atoms with van der Waals surface area (Å²) in [6, 6.07) is 2.55. The zero-order valence-corrected chi connectivity index (χ0v) is 10.7. The number of nitro benzene ring substituents is 1. The largest absolute Gasteiger partial charge is 0.441 e. The second-order valence-electron chi connectivity index (χ2n) is 4.95. The second kappa shape index (κ2) is 4.18. The van der Waals surface area contributed by atoms with E-state index in [2.05, 4.69) is 0 Å². The van der Waals surface area contributed by atoms with E-state index in [1.165, 1.54) is 11.9 Å². The maximum atomic E-state index is 13.9. The zero-order chi connectivity index (χ0) is 14.4. The van der Waals surface area contributed by atoms with Gasteiger partial charge in [-0.15, -0.1) is 0 Å². The number of hydrogen-bond acceptors (Lipinski definition) is 4. The minimum absolute atomic E-state index is 0.0764. The van der Waals surface area contributed by atoms with E-state index in [-0.39, 0.29) is 11.3 Å². The van der Waals surface area contributed by atoms with Gasteiger partial charge in [-0.05, 0) is 19.9 Å². The molecule has 0 aromatic heterocycles. The van der Waals surface area contributed by atoms with Gasteiger partial charge in [0.05, 0.1) is 4.92 Å². The number of cyclic esters (lactones) is 1. The molecule has 1 fully saturated rings. The Morgan fingerprint density at radius 1 is 1.47 bits per heavy atom. The molecule has 19 heavy (non-hydrogen) atoms. The van der Waals surface area contributed by atoms with E-state index >= 15 is 0 Å². The predicted molar refractivity (Wildman–Crippen MR) is 64.1 cm³/mol. The molecule has 1 atom stereocenters. The SMILES string of the molecule is CN1C(=O)OC(C)(C)C1c1cc([N+](=O)[O-])ccc1F. The zero-order valence-electron chi connectivity index (χ0n) is 10.7. The van der Waals surface area contributed by atoms with Crippen molar-refractivity contribution < 1.29 is 18.8 Å². The first kappa shape index (κ1) is 13.3. The molecule has 0 radical (unpaired) electrons. The van der Waals surface area contributed by atoms with Gasteiger partial charge in [0.25, 0.3) is 5.69 Å². The number of halogens is 1. The van der Waals surface area contributed by atoms with Crippen molar-refractivity contribution in [3.05, 3.63) is 39.7 Å². The number of nitro groups is 1. The lowest BCUT2D eigenvalue weighted by Gasteiger charge is -2.27. The van der Waals surface area contributed by atoms with Crippen molar-refractivity contribution in [2.75, 3.05) is 7.05 Å². The molecule has 1 aliphatic rings. The Bertz CT molecular complexity index is 559. The number of carbonyl (C=O) groups excluding carboxylic acids is 1. The van der Waals surface area contributed by atoms with Crippen molar-refractivity contribution in [1.82, 2.24) is 4.90 Å². The van der Waals surface area contributed by atoms with Crippen LogP contribution in [0.15, 0.2) is 18.2 Å². The third kappa shape index (κ3) is 2.11. The molecule has 6 nitrogen and oxygen atoms in total. The molecular formula is C12H13FN2O4. The molecule has 1 aromatic rings. The third-order valence-corrected chi connectivity index (χ3v) is 3.17. The average molecular weight is 268 g/mol. The summed E-state index contributed by atoms with van der Waals surface area (Å²) in [5.41, 5.74) is -1.10. The van der Waals surface area contributed by atoms with Crippen LogP contribution in [0, 0.1) is 15.9 Å². The van der Waals surface area contributed by atoms with Gasteiger partial charge in [-0.3, -0.25) is 10.1 Å². The minimum Gasteiger partial charge on any atom is -0.441 e. The van der Waals surface area contributed by atoms with Gasteiger partial charge in [0.1, 0.15) is 17.5 Å². The van der Waals surface area contributed by atoms with Crippen LogP contribution in [0.4, 0.5) is 14.9 Å². The molecule has 102 valence electrons. The molecule has 1 aromatic carbocycles. The first-order chi connectivity index (χ1) is 8.74. The highest BCUT2D eigenvalue weighted by atomic mass is 19.1. The van der Waals surface area contributed by atoms with Crippen molar-refractivity contribution in [2.24, 2.45) is 0 Å². The first-order valence-electron chi connectivity index (χ1n) is 5.63. The summed E-state index contributed by atoms with van der Waals surface area (Å²) in [5, 5.41) is 10.8. The van der Waals surface area contributed by atoms with E-state index in [1.807, 2.05) is 0 Å². The van der Waals surface area contributed by atoms with Crippen LogP contribution in [-0.2, 0) is 4.74 Å². The van der Waals surface area contributed by atoms with Crippen molar-refractivity contribution in [1.29, 1.82) is 0 Å². The average Bonchev–Trinajstić information content (AvgIpc) is 2.49. The van der Waals surface area contributed by atoms with Gasteiger partial charge in [0.15, 0.2) is 0 Å². The van der Waals surface area contributed by atoms with E-state index in [0.29, 0.717) is 0 Å². The Morgan fingerprint density at radius 3 is 2.58 bits per heavy atom. The number of benzene rings is 1. The number of hydrogen-bond donors (Lipinski definition) is 0. The predicted octanol–water partition coefficient (Wildman–Crippen LogP) is 2.64. The van der Waals surface area contributed by atoms with E-state index in [0.717, 1.165) is 18.2 Å². The van der Waals surface area contributed by atoms with Gasteiger partial charge in [0.2, 0.25) is 0 Å². The summed E-state index contributed by atoms with van der Waals surface area (Å²) in [5.74, 6) is -0.603. The fraction of sp³-hybridized carbons (Fsp3) is 0.417. The van der Waals surface area contributed by atoms with Crippen LogP contribution in [0.25, 0.3) is 0 Å². The smallest absolute Gasteiger partial charge is 0.410 e. The Hall–Kier alpha value is -2.18. The van der Waals surface area contributed by atoms with Crippen LogP contribution in [0.3, 0.4) is 0 Å². The lowest BCUT2D eigenvalue weighted by atomic mass is 9.91. The number of rotatable bonds is 2. The maximum absolute atomic E-state index is 13.9. The number of non-ortho nitro benzene ring substituents is 1. The van der Waals surface area contributed by atoms with E-state index < -0.39 is 28.5 Å². The van der Waals surface area contributed by atoms with Crippen LogP contribution in [0.2, 0.25) is 0 Å². The molecule has 1 saturated heterocycles. The van der Waals surface area contributed by atoms with Crippen LogP contribution in [0.1, 0.15) is 25.5 Å². The third-order valence-electron chi connectivity index (χ3n) is 3.17. The van der Waals surface area contributed by atoms with Crippen molar-refractivity contribution in [3.63, 3.8) is 0 Å². The minimum atomic E-state index is -0.956. The Morgan fingerprint density at radius 2 is 2.11 bits per heavy atom. The molecule has 7 heteroatoms. The Balaban J connectivity index is 2.54. The molecule has 0 N–H and O–H groups in total. The molecule has 1 aliphatic heterocycles. The number of likely N-dealkylation sites (N-methyl/N-ethyl adjacent to an activating group) is 1. The molecule has 0 aliphatic carbocycles. The summed E-state index contributed by atoms with van der Waals surface area (Å²) < 4.78 is 19.0. The quantitative estimate of drug-likeness (QED) is 0.610. The van der Waals surface area contributed by atoms with Crippen LogP contribution < -0.4 is 0 Å². The number of nitrogens with zero attached hydrogens (tertiary/aromatic N) is 2. The summed E-state index contributed by atoms with van der Waals surface area (Å²) in [7, 11) is 1.47. The highest BCUT2D eigenvalue weighted by molar-refractivity contribution is 5.71. The summed E-state index contributed by atoms with van der Waals surface area (Å²) in [6.45, 7) is 3.27. The van der Waals surface area contributed by atoms with Gasteiger partial charge < -0.3 is 9.64 Å². The molecular weight excluding hydrogens is 255 g/mol. The van der Waals surface area contributed by atoms with Gasteiger partial charge >= 0.3 is 6.09 Å². The molecule has 1 unspecified atom stereocenters. The van der Waals surface area contributed by atoms with Gasteiger partial charge in [0, 0.05) is 24.7 Å². The normalized spacial score (nSPS) is 21.4. The van der Waals surface area contributed by atoms with E-state index in [4.69, 9.17) is 4.74 Å². The highest BCUT2D eigenvalue weighted by Crippen LogP contribution is 2.41. The highest BCUT2D eigenvalue weighted by Gasteiger charge is 2.48. The van der Waals surface area contributed by atoms with Crippen LogP contribution >= 0.6 is 0 Å². The summed E-state index contributed by atoms with van der Waals surface area (Å²) in [4.78, 5) is 22.9. The summed E-state index contributed by atoms with van der Waals surface area (Å²) >= 11 is 0. The molecule has 1 amide bonds. The monoisotopic (exact) mass is 268 g/mol. The van der Waals surface area contributed by atoms with Gasteiger partial charge in [-0.1, -0.05) is 0 Å². The molecule has 0 bridgehead atoms. The Labute approximate surface area is 108 Å². The lowest BCUT2D eigenvalue weighted by Crippen LogP contribution is -2.32. The van der Waals surface area contributed by atoms with Gasteiger partial charge in [-0.25, -0.2) is 9.18 Å². The topological polar surface area (TPSA) is 72.7 Å². The van der Waals surface area contributed by atoms with Gasteiger partial charge in [-0.2, -0.15) is 0 Å². The first-order valence-corrected chi connectivity index (χ1v) is 5.63. The maximum Gasteiger partial charge on any atom is 0.410 e. The second-order valence-corrected chi connectivity index (χ2v) is 4.95. The van der Waals surface area contributed by atoms with Crippen molar-refractivity contribution in [3.8, 4) is 0 Å². The lowest BCUT2D eigenvalue weighted by molar-refractivity contribution is -0.385. The fourth-order valence-electron chi connectivity index (χ4n) is 2.36. The molecule has 0 spiro atoms. The van der Waals surface area contributed by atoms with E-state index in [9.17, 15) is 19.3 Å². The Kier molecular flexibility index (Phi) is 2.92. The molecule has 2 rings (SSSR count). The van der Waals surface area contributed by atoms with Crippen molar-refractivity contribution in [2.45, 2.75) is 25.5 Å². The van der Waals surface area contributed by atoms with Crippen LogP contribution in [-0.4, -0.2) is 28.6 Å². The molecule has 0 saturated carbocycles. The number of carbonyl (C=O) groups is 1. The standard InChI is InChI=1S/C12H13FN2O4/c1-12(2)10(14(3)11(16)19-12)8-6-7(15(17)18)4-5-9(8)13/h4-6,10H,1-3H3. The fourth-order valence-corrected chi connectivity index (χ4v) is 2.36. The summed E-state index contributed by atoms with van der Waals surface area (Å²) in [6.07, 6.45) is -0.582. The van der Waals surface area contributed by atoms with E-state index in [1.54, 1.807) is 13.8 Å². The number of ether oxygens (including phenoxy) is 1. The van der Waals surface area contributed by atoms with Crippen molar-refractivity contribution >= 4 is 11.8 Å².